The summed E-state index contributed by atoms with van der Waals surface area (Å²) in [6, 6.07) is 0. The fraction of sp³-hybridized carbons (Fsp3) is 0.636. The molecule has 1 aromatic rings. The summed E-state index contributed by atoms with van der Waals surface area (Å²) in [7, 11) is 0. The molecule has 1 fully saturated rings. The predicted octanol–water partition coefficient (Wildman–Crippen LogP) is 2.70. The minimum absolute atomic E-state index is 0.0948. The molecule has 1 amide bonds. The lowest BCUT2D eigenvalue weighted by Crippen LogP contribution is -2.38. The maximum absolute atomic E-state index is 12.1. The van der Waals surface area contributed by atoms with Crippen LogP contribution in [0.3, 0.4) is 0 Å². The Kier molecular flexibility index (Phi) is 3.97. The van der Waals surface area contributed by atoms with Crippen molar-refractivity contribution in [2.45, 2.75) is 19.8 Å². The highest BCUT2D eigenvalue weighted by Gasteiger charge is 2.24. The third-order valence-corrected chi connectivity index (χ3v) is 4.65. The Morgan fingerprint density at radius 1 is 1.62 bits per heavy atom. The van der Waals surface area contributed by atoms with Crippen molar-refractivity contribution in [2.75, 3.05) is 18.4 Å². The molecule has 0 bridgehead atoms. The highest BCUT2D eigenvalue weighted by molar-refractivity contribution is 9.09. The van der Waals surface area contributed by atoms with E-state index >= 15 is 0 Å². The number of rotatable bonds is 2. The molecule has 0 aliphatic carbocycles. The van der Waals surface area contributed by atoms with Crippen LogP contribution < -0.4 is 0 Å². The van der Waals surface area contributed by atoms with Crippen molar-refractivity contribution in [3.63, 3.8) is 0 Å². The lowest BCUT2D eigenvalue weighted by atomic mass is 9.99. The number of alkyl halides is 1. The minimum atomic E-state index is 0.0948. The van der Waals surface area contributed by atoms with Crippen LogP contribution in [0.1, 0.15) is 28.3 Å². The standard InChI is InChI=1S/C11H15BrN2OS/c1-8-13-10(7-16-8)11(15)14-4-2-9(6-12)3-5-14/h7,9H,2-6H2,1H3. The third kappa shape index (κ3) is 2.63. The normalized spacial score (nSPS) is 17.8. The number of nitrogens with zero attached hydrogens (tertiary/aromatic N) is 2. The average molecular weight is 303 g/mol. The molecule has 0 radical (unpaired) electrons. The molecule has 1 aliphatic rings. The van der Waals surface area contributed by atoms with Gasteiger partial charge in [0, 0.05) is 23.8 Å². The Hall–Kier alpha value is -0.420. The molecule has 0 spiro atoms. The summed E-state index contributed by atoms with van der Waals surface area (Å²) in [5.74, 6) is 0.818. The van der Waals surface area contributed by atoms with E-state index < -0.39 is 0 Å². The molecule has 1 saturated heterocycles. The Labute approximate surface area is 108 Å². The second-order valence-electron chi connectivity index (χ2n) is 4.14. The monoisotopic (exact) mass is 302 g/mol. The minimum Gasteiger partial charge on any atom is -0.337 e. The zero-order valence-electron chi connectivity index (χ0n) is 9.28. The largest absolute Gasteiger partial charge is 0.337 e. The van der Waals surface area contributed by atoms with E-state index in [1.165, 1.54) is 11.3 Å². The van der Waals surface area contributed by atoms with Crippen molar-refractivity contribution in [1.29, 1.82) is 0 Å². The smallest absolute Gasteiger partial charge is 0.273 e. The molecule has 1 aliphatic heterocycles. The molecule has 5 heteroatoms. The van der Waals surface area contributed by atoms with Crippen molar-refractivity contribution in [3.8, 4) is 0 Å². The lowest BCUT2D eigenvalue weighted by molar-refractivity contribution is 0.0693. The average Bonchev–Trinajstić information content (AvgIpc) is 2.75. The van der Waals surface area contributed by atoms with Gasteiger partial charge in [-0.05, 0) is 25.7 Å². The van der Waals surface area contributed by atoms with E-state index in [1.807, 2.05) is 17.2 Å². The van der Waals surface area contributed by atoms with Crippen molar-refractivity contribution in [2.24, 2.45) is 5.92 Å². The summed E-state index contributed by atoms with van der Waals surface area (Å²) in [5, 5.41) is 3.86. The third-order valence-electron chi connectivity index (χ3n) is 2.96. The van der Waals surface area contributed by atoms with Crippen LogP contribution in [0.25, 0.3) is 0 Å². The zero-order valence-corrected chi connectivity index (χ0v) is 11.7. The summed E-state index contributed by atoms with van der Waals surface area (Å²) in [5.41, 5.74) is 0.611. The SMILES string of the molecule is Cc1nc(C(=O)N2CCC(CBr)CC2)cs1. The fourth-order valence-corrected chi connectivity index (χ4v) is 3.15. The van der Waals surface area contributed by atoms with Crippen LogP contribution in [-0.2, 0) is 0 Å². The first-order valence-electron chi connectivity index (χ1n) is 5.48. The summed E-state index contributed by atoms with van der Waals surface area (Å²) >= 11 is 5.04. The van der Waals surface area contributed by atoms with Crippen molar-refractivity contribution in [1.82, 2.24) is 9.88 Å². The molecule has 0 atom stereocenters. The van der Waals surface area contributed by atoms with Crippen molar-refractivity contribution >= 4 is 33.2 Å². The molecule has 0 unspecified atom stereocenters. The van der Waals surface area contributed by atoms with Crippen molar-refractivity contribution < 1.29 is 4.79 Å². The molecule has 0 aromatic carbocycles. The number of halogens is 1. The van der Waals surface area contributed by atoms with E-state index in [-0.39, 0.29) is 5.91 Å². The van der Waals surface area contributed by atoms with Crippen LogP contribution in [0.5, 0.6) is 0 Å². The number of thiazole rings is 1. The van der Waals surface area contributed by atoms with Crippen LogP contribution in [-0.4, -0.2) is 34.2 Å². The van der Waals surface area contributed by atoms with Gasteiger partial charge in [0.1, 0.15) is 5.69 Å². The Morgan fingerprint density at radius 3 is 2.81 bits per heavy atom. The quantitative estimate of drug-likeness (QED) is 0.787. The van der Waals surface area contributed by atoms with Gasteiger partial charge in [0.25, 0.3) is 5.91 Å². The van der Waals surface area contributed by atoms with Gasteiger partial charge in [-0.25, -0.2) is 4.98 Å². The number of piperidine rings is 1. The molecular formula is C11H15BrN2OS. The van der Waals surface area contributed by atoms with Gasteiger partial charge >= 0.3 is 0 Å². The number of carbonyl (C=O) groups excluding carboxylic acids is 1. The summed E-state index contributed by atoms with van der Waals surface area (Å²) in [6.07, 6.45) is 2.19. The maximum atomic E-state index is 12.1. The maximum Gasteiger partial charge on any atom is 0.273 e. The van der Waals surface area contributed by atoms with E-state index in [9.17, 15) is 4.79 Å². The summed E-state index contributed by atoms with van der Waals surface area (Å²) in [6.45, 7) is 3.66. The van der Waals surface area contributed by atoms with E-state index in [0.29, 0.717) is 5.69 Å². The number of hydrogen-bond donors (Lipinski definition) is 0. The van der Waals surface area contributed by atoms with Crippen LogP contribution in [0.4, 0.5) is 0 Å². The van der Waals surface area contributed by atoms with Gasteiger partial charge in [-0.3, -0.25) is 4.79 Å². The number of hydrogen-bond acceptors (Lipinski definition) is 3. The van der Waals surface area contributed by atoms with Gasteiger partial charge in [0.15, 0.2) is 0 Å². The van der Waals surface area contributed by atoms with E-state index in [2.05, 4.69) is 20.9 Å². The molecule has 3 nitrogen and oxygen atoms in total. The first-order valence-corrected chi connectivity index (χ1v) is 7.48. The highest BCUT2D eigenvalue weighted by atomic mass is 79.9. The Balaban J connectivity index is 1.96. The number of aryl methyl sites for hydroxylation is 1. The summed E-state index contributed by atoms with van der Waals surface area (Å²) < 4.78 is 0. The first kappa shape index (κ1) is 12.0. The second kappa shape index (κ2) is 5.27. The molecule has 1 aromatic heterocycles. The molecule has 0 N–H and O–H groups in total. The van der Waals surface area contributed by atoms with Gasteiger partial charge in [-0.1, -0.05) is 15.9 Å². The lowest BCUT2D eigenvalue weighted by Gasteiger charge is -2.30. The highest BCUT2D eigenvalue weighted by Crippen LogP contribution is 2.21. The van der Waals surface area contributed by atoms with Crippen LogP contribution in [0.2, 0.25) is 0 Å². The van der Waals surface area contributed by atoms with E-state index in [1.54, 1.807) is 0 Å². The van der Waals surface area contributed by atoms with E-state index in [4.69, 9.17) is 0 Å². The van der Waals surface area contributed by atoms with Gasteiger partial charge < -0.3 is 4.90 Å². The van der Waals surface area contributed by atoms with Crippen molar-refractivity contribution in [3.05, 3.63) is 16.1 Å². The Morgan fingerprint density at radius 2 is 2.31 bits per heavy atom. The summed E-state index contributed by atoms with van der Waals surface area (Å²) in [4.78, 5) is 18.2. The number of carbonyl (C=O) groups is 1. The van der Waals surface area contributed by atoms with Crippen LogP contribution in [0, 0.1) is 12.8 Å². The predicted molar refractivity (Wildman–Crippen MR) is 69.3 cm³/mol. The first-order chi connectivity index (χ1) is 7.70. The van der Waals surface area contributed by atoms with Gasteiger partial charge in [-0.15, -0.1) is 11.3 Å². The zero-order chi connectivity index (χ0) is 11.5. The molecule has 2 heterocycles. The molecular weight excluding hydrogens is 288 g/mol. The fourth-order valence-electron chi connectivity index (χ4n) is 1.91. The molecule has 16 heavy (non-hydrogen) atoms. The number of likely N-dealkylation sites (tertiary alicyclic amines) is 1. The number of aromatic nitrogens is 1. The molecule has 2 rings (SSSR count). The van der Waals surface area contributed by atoms with Gasteiger partial charge in [-0.2, -0.15) is 0 Å². The number of amides is 1. The van der Waals surface area contributed by atoms with Gasteiger partial charge in [0.05, 0.1) is 5.01 Å². The Bertz CT molecular complexity index is 372. The topological polar surface area (TPSA) is 33.2 Å². The van der Waals surface area contributed by atoms with E-state index in [0.717, 1.165) is 42.2 Å². The molecule has 88 valence electrons. The second-order valence-corrected chi connectivity index (χ2v) is 5.85. The van der Waals surface area contributed by atoms with Crippen LogP contribution >= 0.6 is 27.3 Å². The van der Waals surface area contributed by atoms with Crippen LogP contribution in [0.15, 0.2) is 5.38 Å². The molecule has 0 saturated carbocycles. The van der Waals surface area contributed by atoms with Gasteiger partial charge in [0.2, 0.25) is 0 Å².